The van der Waals surface area contributed by atoms with Crippen LogP contribution in [0.25, 0.3) is 0 Å². The maximum Gasteiger partial charge on any atom is 0.226 e. The lowest BCUT2D eigenvalue weighted by atomic mass is 10.2. The zero-order chi connectivity index (χ0) is 18.2. The van der Waals surface area contributed by atoms with Crippen LogP contribution in [0.3, 0.4) is 0 Å². The molecular weight excluding hydrogens is 316 g/mol. The maximum atomic E-state index is 12.2. The summed E-state index contributed by atoms with van der Waals surface area (Å²) in [5.41, 5.74) is 2.63. The Labute approximate surface area is 148 Å². The Kier molecular flexibility index (Phi) is 6.57. The fourth-order valence-electron chi connectivity index (χ4n) is 2.43. The monoisotopic (exact) mass is 340 g/mol. The summed E-state index contributed by atoms with van der Waals surface area (Å²) >= 11 is 0. The summed E-state index contributed by atoms with van der Waals surface area (Å²) in [6.07, 6.45) is 0.223. The number of ether oxygens (including phenoxy) is 1. The lowest BCUT2D eigenvalue weighted by Gasteiger charge is -2.21. The van der Waals surface area contributed by atoms with E-state index in [2.05, 4.69) is 5.32 Å². The minimum absolute atomic E-state index is 0.0854. The number of nitrogens with one attached hydrogen (secondary N) is 1. The molecule has 0 aromatic heterocycles. The predicted octanol–water partition coefficient (Wildman–Crippen LogP) is 3.78. The normalized spacial score (nSPS) is 10.2. The van der Waals surface area contributed by atoms with E-state index < -0.39 is 0 Å². The van der Waals surface area contributed by atoms with E-state index in [9.17, 15) is 9.59 Å². The van der Waals surface area contributed by atoms with E-state index in [4.69, 9.17) is 4.74 Å². The van der Waals surface area contributed by atoms with Gasteiger partial charge in [0.25, 0.3) is 0 Å². The van der Waals surface area contributed by atoms with Gasteiger partial charge in [-0.25, -0.2) is 0 Å². The van der Waals surface area contributed by atoms with E-state index in [1.165, 1.54) is 6.92 Å². The van der Waals surface area contributed by atoms with Gasteiger partial charge >= 0.3 is 0 Å². The summed E-state index contributed by atoms with van der Waals surface area (Å²) in [5, 5.41) is 2.83. The Bertz CT molecular complexity index is 709. The summed E-state index contributed by atoms with van der Waals surface area (Å²) in [5.74, 6) is 0.544. The van der Waals surface area contributed by atoms with Crippen molar-refractivity contribution < 1.29 is 14.3 Å². The molecule has 0 saturated carbocycles. The molecule has 0 aliphatic carbocycles. The van der Waals surface area contributed by atoms with Crippen LogP contribution in [0.15, 0.2) is 48.5 Å². The van der Waals surface area contributed by atoms with E-state index >= 15 is 0 Å². The van der Waals surface area contributed by atoms with Gasteiger partial charge in [0.2, 0.25) is 11.8 Å². The quantitative estimate of drug-likeness (QED) is 0.834. The summed E-state index contributed by atoms with van der Waals surface area (Å²) in [7, 11) is 0. The highest BCUT2D eigenvalue weighted by atomic mass is 16.5. The molecule has 2 aromatic rings. The number of hydrogen-bond acceptors (Lipinski definition) is 3. The number of rotatable bonds is 7. The fourth-order valence-corrected chi connectivity index (χ4v) is 2.43. The third-order valence-corrected chi connectivity index (χ3v) is 3.74. The van der Waals surface area contributed by atoms with E-state index in [-0.39, 0.29) is 18.2 Å². The van der Waals surface area contributed by atoms with Crippen molar-refractivity contribution in [3.05, 3.63) is 54.1 Å². The number of aryl methyl sites for hydroxylation is 1. The first-order valence-corrected chi connectivity index (χ1v) is 8.37. The Morgan fingerprint density at radius 1 is 1.04 bits per heavy atom. The minimum atomic E-state index is -0.137. The zero-order valence-corrected chi connectivity index (χ0v) is 14.9. The Morgan fingerprint density at radius 2 is 1.68 bits per heavy atom. The van der Waals surface area contributed by atoms with Crippen molar-refractivity contribution in [2.75, 3.05) is 23.4 Å². The molecule has 0 unspecified atom stereocenters. The summed E-state index contributed by atoms with van der Waals surface area (Å²) in [6.45, 7) is 6.35. The molecule has 0 spiro atoms. The van der Waals surface area contributed by atoms with Crippen molar-refractivity contribution in [3.63, 3.8) is 0 Å². The summed E-state index contributed by atoms with van der Waals surface area (Å²) in [6, 6.07) is 14.9. The summed E-state index contributed by atoms with van der Waals surface area (Å²) in [4.78, 5) is 25.6. The number of amides is 2. The van der Waals surface area contributed by atoms with Crippen LogP contribution in [0.1, 0.15) is 25.8 Å². The largest absolute Gasteiger partial charge is 0.494 e. The highest BCUT2D eigenvalue weighted by Gasteiger charge is 2.13. The van der Waals surface area contributed by atoms with Crippen molar-refractivity contribution in [1.82, 2.24) is 0 Å². The second-order valence-corrected chi connectivity index (χ2v) is 5.76. The van der Waals surface area contributed by atoms with Crippen LogP contribution in [-0.4, -0.2) is 25.0 Å². The van der Waals surface area contributed by atoms with Crippen LogP contribution in [0.4, 0.5) is 11.4 Å². The van der Waals surface area contributed by atoms with E-state index in [0.29, 0.717) is 18.8 Å². The van der Waals surface area contributed by atoms with Gasteiger partial charge < -0.3 is 15.0 Å². The average molecular weight is 340 g/mol. The maximum absolute atomic E-state index is 12.2. The molecule has 25 heavy (non-hydrogen) atoms. The Hall–Kier alpha value is -2.82. The molecule has 0 aliphatic heterocycles. The SMILES string of the molecule is CCOc1ccc(NC(=O)CCN(C(C)=O)c2ccc(C)cc2)cc1. The van der Waals surface area contributed by atoms with Crippen molar-refractivity contribution in [1.29, 1.82) is 0 Å². The van der Waals surface area contributed by atoms with Crippen LogP contribution in [-0.2, 0) is 9.59 Å². The molecule has 2 rings (SSSR count). The first-order chi connectivity index (χ1) is 12.0. The van der Waals surface area contributed by atoms with Gasteiger partial charge in [-0.05, 0) is 50.2 Å². The van der Waals surface area contributed by atoms with Gasteiger partial charge in [0.15, 0.2) is 0 Å². The minimum Gasteiger partial charge on any atom is -0.494 e. The molecule has 132 valence electrons. The molecule has 0 atom stereocenters. The smallest absolute Gasteiger partial charge is 0.226 e. The highest BCUT2D eigenvalue weighted by molar-refractivity contribution is 5.94. The topological polar surface area (TPSA) is 58.6 Å². The molecule has 0 fully saturated rings. The molecule has 0 heterocycles. The first kappa shape index (κ1) is 18.5. The van der Waals surface area contributed by atoms with Crippen molar-refractivity contribution in [2.45, 2.75) is 27.2 Å². The van der Waals surface area contributed by atoms with Gasteiger partial charge in [-0.1, -0.05) is 17.7 Å². The fraction of sp³-hybridized carbons (Fsp3) is 0.300. The molecule has 2 aromatic carbocycles. The second kappa shape index (κ2) is 8.87. The van der Waals surface area contributed by atoms with Crippen molar-refractivity contribution in [3.8, 4) is 5.75 Å². The van der Waals surface area contributed by atoms with E-state index in [0.717, 1.165) is 17.0 Å². The lowest BCUT2D eigenvalue weighted by Crippen LogP contribution is -2.31. The number of carbonyl (C=O) groups is 2. The van der Waals surface area contributed by atoms with Gasteiger partial charge in [-0.15, -0.1) is 0 Å². The number of carbonyl (C=O) groups excluding carboxylic acids is 2. The molecule has 2 amide bonds. The van der Waals surface area contributed by atoms with Crippen LogP contribution in [0.5, 0.6) is 5.75 Å². The van der Waals surface area contributed by atoms with E-state index in [1.54, 1.807) is 17.0 Å². The standard InChI is InChI=1S/C20H24N2O3/c1-4-25-19-11-7-17(8-12-19)21-20(24)13-14-22(16(3)23)18-9-5-15(2)6-10-18/h5-12H,4,13-14H2,1-3H3,(H,21,24). The molecule has 1 N–H and O–H groups in total. The molecule has 0 radical (unpaired) electrons. The van der Waals surface area contributed by atoms with Crippen LogP contribution in [0.2, 0.25) is 0 Å². The number of nitrogens with zero attached hydrogens (tertiary/aromatic N) is 1. The lowest BCUT2D eigenvalue weighted by molar-refractivity contribution is -0.117. The predicted molar refractivity (Wildman–Crippen MR) is 100 cm³/mol. The molecule has 0 saturated heterocycles. The number of hydrogen-bond donors (Lipinski definition) is 1. The summed E-state index contributed by atoms with van der Waals surface area (Å²) < 4.78 is 5.37. The third-order valence-electron chi connectivity index (χ3n) is 3.74. The van der Waals surface area contributed by atoms with E-state index in [1.807, 2.05) is 50.2 Å². The average Bonchev–Trinajstić information content (AvgIpc) is 2.58. The molecular formula is C20H24N2O3. The van der Waals surface area contributed by atoms with Crippen LogP contribution in [0, 0.1) is 6.92 Å². The van der Waals surface area contributed by atoms with Crippen molar-refractivity contribution in [2.24, 2.45) is 0 Å². The molecule has 0 bridgehead atoms. The van der Waals surface area contributed by atoms with Gasteiger partial charge in [-0.2, -0.15) is 0 Å². The molecule has 0 aliphatic rings. The number of anilines is 2. The van der Waals surface area contributed by atoms with Gasteiger partial charge in [0.05, 0.1) is 6.61 Å². The third kappa shape index (κ3) is 5.64. The van der Waals surface area contributed by atoms with Gasteiger partial charge in [0, 0.05) is 31.3 Å². The van der Waals surface area contributed by atoms with Crippen molar-refractivity contribution >= 4 is 23.2 Å². The molecule has 5 nitrogen and oxygen atoms in total. The Morgan fingerprint density at radius 3 is 2.24 bits per heavy atom. The zero-order valence-electron chi connectivity index (χ0n) is 14.9. The van der Waals surface area contributed by atoms with Crippen LogP contribution < -0.4 is 15.0 Å². The van der Waals surface area contributed by atoms with Gasteiger partial charge in [0.1, 0.15) is 5.75 Å². The van der Waals surface area contributed by atoms with Crippen LogP contribution >= 0.6 is 0 Å². The Balaban J connectivity index is 1.92. The molecule has 5 heteroatoms. The van der Waals surface area contributed by atoms with Gasteiger partial charge in [-0.3, -0.25) is 9.59 Å². The highest BCUT2D eigenvalue weighted by Crippen LogP contribution is 2.17. The first-order valence-electron chi connectivity index (χ1n) is 8.37. The number of benzene rings is 2. The second-order valence-electron chi connectivity index (χ2n) is 5.76.